The molecule has 0 unspecified atom stereocenters. The Morgan fingerprint density at radius 2 is 2.00 bits per heavy atom. The minimum absolute atomic E-state index is 0.227. The Balaban J connectivity index is 2.18. The van der Waals surface area contributed by atoms with Gasteiger partial charge in [0.25, 0.3) is 0 Å². The number of hydrogen-bond acceptors (Lipinski definition) is 3. The van der Waals surface area contributed by atoms with Crippen molar-refractivity contribution in [1.82, 2.24) is 5.32 Å². The van der Waals surface area contributed by atoms with E-state index in [9.17, 15) is 0 Å². The van der Waals surface area contributed by atoms with E-state index in [1.54, 1.807) is 13.4 Å². The topological polar surface area (TPSA) is 34.4 Å². The van der Waals surface area contributed by atoms with Gasteiger partial charge in [-0.1, -0.05) is 25.1 Å². The monoisotopic (exact) mass is 273 g/mol. The van der Waals surface area contributed by atoms with E-state index in [0.29, 0.717) is 0 Å². The molecule has 1 aromatic heterocycles. The van der Waals surface area contributed by atoms with Crippen LogP contribution in [0.3, 0.4) is 0 Å². The highest BCUT2D eigenvalue weighted by Gasteiger charge is 2.20. The van der Waals surface area contributed by atoms with Gasteiger partial charge in [0.05, 0.1) is 13.4 Å². The summed E-state index contributed by atoms with van der Waals surface area (Å²) < 4.78 is 11.1. The zero-order valence-corrected chi connectivity index (χ0v) is 12.3. The zero-order chi connectivity index (χ0) is 14.2. The van der Waals surface area contributed by atoms with E-state index in [0.717, 1.165) is 37.4 Å². The van der Waals surface area contributed by atoms with E-state index in [4.69, 9.17) is 9.15 Å². The number of para-hydroxylation sites is 1. The van der Waals surface area contributed by atoms with Crippen molar-refractivity contribution in [2.75, 3.05) is 20.2 Å². The average Bonchev–Trinajstić information content (AvgIpc) is 3.01. The first-order valence-electron chi connectivity index (χ1n) is 7.23. The largest absolute Gasteiger partial charge is 0.496 e. The van der Waals surface area contributed by atoms with Crippen molar-refractivity contribution < 1.29 is 9.15 Å². The van der Waals surface area contributed by atoms with Gasteiger partial charge in [0.2, 0.25) is 0 Å². The Bertz CT molecular complexity index is 493. The van der Waals surface area contributed by atoms with Crippen molar-refractivity contribution in [2.45, 2.75) is 25.7 Å². The predicted octanol–water partition coefficient (Wildman–Crippen LogP) is 3.81. The molecule has 1 atom stereocenters. The number of nitrogens with one attached hydrogen (secondary N) is 1. The van der Waals surface area contributed by atoms with E-state index >= 15 is 0 Å². The Morgan fingerprint density at radius 3 is 2.70 bits per heavy atom. The van der Waals surface area contributed by atoms with Crippen LogP contribution in [0.1, 0.15) is 37.0 Å². The van der Waals surface area contributed by atoms with Gasteiger partial charge in [0.15, 0.2) is 0 Å². The molecule has 0 amide bonds. The lowest BCUT2D eigenvalue weighted by molar-refractivity contribution is 0.398. The highest BCUT2D eigenvalue weighted by molar-refractivity contribution is 5.39. The van der Waals surface area contributed by atoms with Crippen LogP contribution in [-0.2, 0) is 0 Å². The molecular formula is C17H23NO2. The van der Waals surface area contributed by atoms with Crippen LogP contribution in [0.15, 0.2) is 47.1 Å². The normalized spacial score (nSPS) is 12.3. The first-order chi connectivity index (χ1) is 9.86. The van der Waals surface area contributed by atoms with E-state index in [2.05, 4.69) is 18.3 Å². The number of benzene rings is 1. The molecular weight excluding hydrogens is 250 g/mol. The van der Waals surface area contributed by atoms with Crippen LogP contribution in [0.4, 0.5) is 0 Å². The summed E-state index contributed by atoms with van der Waals surface area (Å²) in [4.78, 5) is 0. The fourth-order valence-corrected chi connectivity index (χ4v) is 2.44. The van der Waals surface area contributed by atoms with Gasteiger partial charge in [0.1, 0.15) is 11.5 Å². The predicted molar refractivity (Wildman–Crippen MR) is 81.3 cm³/mol. The second-order valence-corrected chi connectivity index (χ2v) is 4.85. The maximum Gasteiger partial charge on any atom is 0.122 e. The van der Waals surface area contributed by atoms with E-state index in [1.165, 1.54) is 5.56 Å². The summed E-state index contributed by atoms with van der Waals surface area (Å²) in [6, 6.07) is 12.1. The quantitative estimate of drug-likeness (QED) is 0.743. The Labute approximate surface area is 121 Å². The average molecular weight is 273 g/mol. The lowest BCUT2D eigenvalue weighted by atomic mass is 9.92. The van der Waals surface area contributed by atoms with Crippen LogP contribution < -0.4 is 10.1 Å². The van der Waals surface area contributed by atoms with Crippen molar-refractivity contribution in [2.24, 2.45) is 0 Å². The second-order valence-electron chi connectivity index (χ2n) is 4.85. The molecule has 0 saturated heterocycles. The summed E-state index contributed by atoms with van der Waals surface area (Å²) in [5, 5.41) is 3.45. The van der Waals surface area contributed by atoms with Crippen LogP contribution in [0.5, 0.6) is 5.75 Å². The molecule has 0 aliphatic heterocycles. The molecule has 1 heterocycles. The van der Waals surface area contributed by atoms with E-state index in [-0.39, 0.29) is 5.92 Å². The molecule has 2 rings (SSSR count). The van der Waals surface area contributed by atoms with Crippen LogP contribution in [-0.4, -0.2) is 20.2 Å². The lowest BCUT2D eigenvalue weighted by Gasteiger charge is -2.18. The Kier molecular flexibility index (Phi) is 5.69. The highest BCUT2D eigenvalue weighted by Crippen LogP contribution is 2.34. The number of methoxy groups -OCH3 is 1. The van der Waals surface area contributed by atoms with Crippen molar-refractivity contribution in [3.05, 3.63) is 54.0 Å². The number of rotatable bonds is 8. The molecule has 0 fully saturated rings. The minimum atomic E-state index is 0.227. The SMILES string of the molecule is CCCNCC[C@@H](c1ccco1)c1ccccc1OC. The van der Waals surface area contributed by atoms with Crippen molar-refractivity contribution in [1.29, 1.82) is 0 Å². The number of hydrogen-bond donors (Lipinski definition) is 1. The van der Waals surface area contributed by atoms with Gasteiger partial charge in [-0.2, -0.15) is 0 Å². The van der Waals surface area contributed by atoms with Crippen LogP contribution in [0, 0.1) is 0 Å². The van der Waals surface area contributed by atoms with Crippen molar-refractivity contribution >= 4 is 0 Å². The van der Waals surface area contributed by atoms with E-state index in [1.807, 2.05) is 30.3 Å². The molecule has 0 radical (unpaired) electrons. The minimum Gasteiger partial charge on any atom is -0.496 e. The fraction of sp³-hybridized carbons (Fsp3) is 0.412. The van der Waals surface area contributed by atoms with Gasteiger partial charge < -0.3 is 14.5 Å². The molecule has 20 heavy (non-hydrogen) atoms. The lowest BCUT2D eigenvalue weighted by Crippen LogP contribution is -2.18. The molecule has 0 saturated carbocycles. The molecule has 3 heteroatoms. The van der Waals surface area contributed by atoms with Crippen molar-refractivity contribution in [3.8, 4) is 5.75 Å². The van der Waals surface area contributed by atoms with Crippen LogP contribution >= 0.6 is 0 Å². The summed E-state index contributed by atoms with van der Waals surface area (Å²) in [5.74, 6) is 2.14. The molecule has 1 aromatic carbocycles. The number of furan rings is 1. The molecule has 1 N–H and O–H groups in total. The number of ether oxygens (including phenoxy) is 1. The summed E-state index contributed by atoms with van der Waals surface area (Å²) >= 11 is 0. The van der Waals surface area contributed by atoms with Gasteiger partial charge >= 0.3 is 0 Å². The fourth-order valence-electron chi connectivity index (χ4n) is 2.44. The second kappa shape index (κ2) is 7.75. The van der Waals surface area contributed by atoms with E-state index < -0.39 is 0 Å². The first-order valence-corrected chi connectivity index (χ1v) is 7.23. The third kappa shape index (κ3) is 3.64. The first kappa shape index (κ1) is 14.7. The summed E-state index contributed by atoms with van der Waals surface area (Å²) in [6.45, 7) is 4.20. The van der Waals surface area contributed by atoms with Gasteiger partial charge in [-0.15, -0.1) is 0 Å². The Morgan fingerprint density at radius 1 is 1.15 bits per heavy atom. The van der Waals surface area contributed by atoms with Gasteiger partial charge in [-0.25, -0.2) is 0 Å². The van der Waals surface area contributed by atoms with Crippen LogP contribution in [0.2, 0.25) is 0 Å². The molecule has 3 nitrogen and oxygen atoms in total. The molecule has 0 spiro atoms. The molecule has 2 aromatic rings. The maximum atomic E-state index is 5.62. The maximum absolute atomic E-state index is 5.62. The van der Waals surface area contributed by atoms with Gasteiger partial charge in [-0.05, 0) is 44.1 Å². The van der Waals surface area contributed by atoms with Gasteiger partial charge in [-0.3, -0.25) is 0 Å². The smallest absolute Gasteiger partial charge is 0.122 e. The third-order valence-electron chi connectivity index (χ3n) is 3.44. The molecule has 0 aliphatic carbocycles. The van der Waals surface area contributed by atoms with Crippen molar-refractivity contribution in [3.63, 3.8) is 0 Å². The zero-order valence-electron chi connectivity index (χ0n) is 12.3. The summed E-state index contributed by atoms with van der Waals surface area (Å²) in [6.07, 6.45) is 3.88. The molecule has 0 aliphatic rings. The molecule has 108 valence electrons. The van der Waals surface area contributed by atoms with Gasteiger partial charge in [0, 0.05) is 11.5 Å². The van der Waals surface area contributed by atoms with Crippen LogP contribution in [0.25, 0.3) is 0 Å². The standard InChI is InChI=1S/C17H23NO2/c1-3-11-18-12-10-15(17-9-6-13-20-17)14-7-4-5-8-16(14)19-2/h4-9,13,15,18H,3,10-12H2,1-2H3/t15-/m1/s1. The third-order valence-corrected chi connectivity index (χ3v) is 3.44. The highest BCUT2D eigenvalue weighted by atomic mass is 16.5. The summed E-state index contributed by atoms with van der Waals surface area (Å²) in [5.41, 5.74) is 1.18. The summed E-state index contributed by atoms with van der Waals surface area (Å²) in [7, 11) is 1.72. The molecule has 0 bridgehead atoms. The Hall–Kier alpha value is -1.74.